The molecule has 2 aromatic carbocycles. The first-order chi connectivity index (χ1) is 13.1. The van der Waals surface area contributed by atoms with Crippen LogP contribution in [0.25, 0.3) is 17.2 Å². The van der Waals surface area contributed by atoms with Crippen molar-refractivity contribution >= 4 is 23.1 Å². The Labute approximate surface area is 155 Å². The number of carbonyl (C=O) groups excluding carboxylic acids is 1. The van der Waals surface area contributed by atoms with Crippen LogP contribution >= 0.6 is 0 Å². The minimum absolute atomic E-state index is 0.275. The van der Waals surface area contributed by atoms with Crippen molar-refractivity contribution in [3.05, 3.63) is 70.2 Å². The predicted octanol–water partition coefficient (Wildman–Crippen LogP) is 2.30. The summed E-state index contributed by atoms with van der Waals surface area (Å²) in [4.78, 5) is 23.9. The molecule has 3 rings (SSSR count). The summed E-state index contributed by atoms with van der Waals surface area (Å²) in [6.07, 6.45) is 3.06. The number of aromatic nitrogens is 1. The summed E-state index contributed by atoms with van der Waals surface area (Å²) in [5, 5.41) is 11.5. The highest BCUT2D eigenvalue weighted by atomic mass is 16.5. The Morgan fingerprint density at radius 2 is 2.07 bits per heavy atom. The fraction of sp³-hybridized carbons (Fsp3) is 0.150. The Morgan fingerprint density at radius 3 is 2.78 bits per heavy atom. The fourth-order valence-corrected chi connectivity index (χ4v) is 2.58. The highest BCUT2D eigenvalue weighted by Crippen LogP contribution is 2.19. The smallest absolute Gasteiger partial charge is 0.420 e. The first kappa shape index (κ1) is 18.0. The predicted molar refractivity (Wildman–Crippen MR) is 100 cm³/mol. The second-order valence-electron chi connectivity index (χ2n) is 5.71. The van der Waals surface area contributed by atoms with Gasteiger partial charge in [0.25, 0.3) is 0 Å². The van der Waals surface area contributed by atoms with E-state index < -0.39 is 5.76 Å². The number of methoxy groups -OCH3 is 1. The van der Waals surface area contributed by atoms with Crippen molar-refractivity contribution in [1.82, 2.24) is 9.88 Å². The van der Waals surface area contributed by atoms with Crippen LogP contribution in [0, 0.1) is 11.3 Å². The van der Waals surface area contributed by atoms with Gasteiger partial charge >= 0.3 is 5.76 Å². The van der Waals surface area contributed by atoms with Gasteiger partial charge in [-0.15, -0.1) is 0 Å². The molecule has 0 unspecified atom stereocenters. The van der Waals surface area contributed by atoms with E-state index >= 15 is 0 Å². The molecular formula is C20H17N3O4. The zero-order chi connectivity index (χ0) is 19.2. The molecule has 7 heteroatoms. The van der Waals surface area contributed by atoms with Gasteiger partial charge < -0.3 is 14.5 Å². The van der Waals surface area contributed by atoms with Crippen LogP contribution in [0.4, 0.5) is 0 Å². The van der Waals surface area contributed by atoms with Gasteiger partial charge in [0, 0.05) is 25.2 Å². The second kappa shape index (κ2) is 8.06. The van der Waals surface area contributed by atoms with Gasteiger partial charge in [0.05, 0.1) is 24.3 Å². The highest BCUT2D eigenvalue weighted by molar-refractivity contribution is 5.91. The lowest BCUT2D eigenvalue weighted by Crippen LogP contribution is -2.28. The SMILES string of the molecule is COc1ccc2c(c1)oc(=O)n2CCNC(=O)/C=C/c1ccc(C#N)cc1. The van der Waals surface area contributed by atoms with Crippen molar-refractivity contribution in [3.8, 4) is 11.8 Å². The monoisotopic (exact) mass is 363 g/mol. The number of rotatable bonds is 6. The van der Waals surface area contributed by atoms with Gasteiger partial charge in [-0.2, -0.15) is 5.26 Å². The van der Waals surface area contributed by atoms with Gasteiger partial charge in [0.1, 0.15) is 5.75 Å². The molecule has 0 aliphatic carbocycles. The molecule has 0 aliphatic rings. The lowest BCUT2D eigenvalue weighted by molar-refractivity contribution is -0.116. The van der Waals surface area contributed by atoms with E-state index in [1.165, 1.54) is 17.8 Å². The van der Waals surface area contributed by atoms with Crippen LogP contribution in [0.1, 0.15) is 11.1 Å². The number of fused-ring (bicyclic) bond motifs is 1. The number of hydrogen-bond acceptors (Lipinski definition) is 5. The van der Waals surface area contributed by atoms with Gasteiger partial charge in [0.2, 0.25) is 5.91 Å². The molecule has 1 amide bonds. The number of nitrogens with one attached hydrogen (secondary N) is 1. The largest absolute Gasteiger partial charge is 0.497 e. The molecule has 0 radical (unpaired) electrons. The zero-order valence-electron chi connectivity index (χ0n) is 14.6. The molecule has 0 bridgehead atoms. The van der Waals surface area contributed by atoms with Crippen LogP contribution in [0.2, 0.25) is 0 Å². The van der Waals surface area contributed by atoms with E-state index in [-0.39, 0.29) is 19.0 Å². The van der Waals surface area contributed by atoms with E-state index in [1.54, 1.807) is 48.5 Å². The molecule has 3 aromatic rings. The number of oxazole rings is 1. The summed E-state index contributed by atoms with van der Waals surface area (Å²) >= 11 is 0. The van der Waals surface area contributed by atoms with E-state index in [1.807, 2.05) is 6.07 Å². The van der Waals surface area contributed by atoms with E-state index in [2.05, 4.69) is 5.32 Å². The lowest BCUT2D eigenvalue weighted by Gasteiger charge is -2.04. The van der Waals surface area contributed by atoms with Crippen LogP contribution in [0.3, 0.4) is 0 Å². The van der Waals surface area contributed by atoms with E-state index in [0.29, 0.717) is 22.4 Å². The van der Waals surface area contributed by atoms with Gasteiger partial charge in [-0.3, -0.25) is 9.36 Å². The Bertz CT molecular complexity index is 1090. The summed E-state index contributed by atoms with van der Waals surface area (Å²) in [5.41, 5.74) is 2.46. The van der Waals surface area contributed by atoms with Gasteiger partial charge in [-0.1, -0.05) is 12.1 Å². The molecule has 0 spiro atoms. The highest BCUT2D eigenvalue weighted by Gasteiger charge is 2.10. The number of ether oxygens (including phenoxy) is 1. The fourth-order valence-electron chi connectivity index (χ4n) is 2.58. The Morgan fingerprint density at radius 1 is 1.30 bits per heavy atom. The molecular weight excluding hydrogens is 346 g/mol. The standard InChI is InChI=1S/C20H17N3O4/c1-26-16-7-8-17-18(12-16)27-20(25)23(17)11-10-22-19(24)9-6-14-2-4-15(13-21)5-3-14/h2-9,12H,10-11H2,1H3,(H,22,24)/b9-6+. The molecule has 0 fully saturated rings. The molecule has 1 N–H and O–H groups in total. The number of hydrogen-bond donors (Lipinski definition) is 1. The second-order valence-corrected chi connectivity index (χ2v) is 5.71. The van der Waals surface area contributed by atoms with E-state index in [9.17, 15) is 9.59 Å². The lowest BCUT2D eigenvalue weighted by atomic mass is 10.1. The molecule has 0 atom stereocenters. The molecule has 1 heterocycles. The summed E-state index contributed by atoms with van der Waals surface area (Å²) in [5.74, 6) is -0.160. The van der Waals surface area contributed by atoms with Crippen molar-refractivity contribution in [3.63, 3.8) is 0 Å². The quantitative estimate of drug-likeness (QED) is 0.678. The Balaban J connectivity index is 1.59. The summed E-state index contributed by atoms with van der Waals surface area (Å²) in [6, 6.07) is 14.0. The topological polar surface area (TPSA) is 97.3 Å². The molecule has 7 nitrogen and oxygen atoms in total. The molecule has 0 aliphatic heterocycles. The number of nitriles is 1. The minimum Gasteiger partial charge on any atom is -0.497 e. The minimum atomic E-state index is -0.486. The van der Waals surface area contributed by atoms with Crippen molar-refractivity contribution in [2.45, 2.75) is 6.54 Å². The molecule has 0 saturated carbocycles. The van der Waals surface area contributed by atoms with Gasteiger partial charge in [-0.25, -0.2) is 4.79 Å². The molecule has 0 saturated heterocycles. The first-order valence-electron chi connectivity index (χ1n) is 8.24. The van der Waals surface area contributed by atoms with Crippen molar-refractivity contribution in [2.24, 2.45) is 0 Å². The van der Waals surface area contributed by atoms with Crippen LogP contribution in [-0.2, 0) is 11.3 Å². The van der Waals surface area contributed by atoms with E-state index in [0.717, 1.165) is 5.56 Å². The number of benzene rings is 2. The van der Waals surface area contributed by atoms with Gasteiger partial charge in [-0.05, 0) is 35.9 Å². The van der Waals surface area contributed by atoms with Crippen LogP contribution < -0.4 is 15.8 Å². The maximum absolute atomic E-state index is 12.0. The third-order valence-electron chi connectivity index (χ3n) is 3.98. The zero-order valence-corrected chi connectivity index (χ0v) is 14.6. The summed E-state index contributed by atoms with van der Waals surface area (Å²) in [6.45, 7) is 0.561. The van der Waals surface area contributed by atoms with Crippen LogP contribution in [0.5, 0.6) is 5.75 Å². The van der Waals surface area contributed by atoms with Crippen LogP contribution in [0.15, 0.2) is 57.8 Å². The maximum Gasteiger partial charge on any atom is 0.420 e. The summed E-state index contributed by atoms with van der Waals surface area (Å²) < 4.78 is 11.8. The molecule has 136 valence electrons. The molecule has 27 heavy (non-hydrogen) atoms. The van der Waals surface area contributed by atoms with E-state index in [4.69, 9.17) is 14.4 Å². The molecule has 1 aromatic heterocycles. The average Bonchev–Trinajstić information content (AvgIpc) is 3.01. The number of nitrogens with zero attached hydrogens (tertiary/aromatic N) is 2. The average molecular weight is 363 g/mol. The van der Waals surface area contributed by atoms with Crippen molar-refractivity contribution in [1.29, 1.82) is 5.26 Å². The van der Waals surface area contributed by atoms with Crippen molar-refractivity contribution in [2.75, 3.05) is 13.7 Å². The normalized spacial score (nSPS) is 10.8. The van der Waals surface area contributed by atoms with Gasteiger partial charge in [0.15, 0.2) is 5.58 Å². The summed E-state index contributed by atoms with van der Waals surface area (Å²) in [7, 11) is 1.54. The Hall–Kier alpha value is -3.79. The third-order valence-corrected chi connectivity index (χ3v) is 3.98. The van der Waals surface area contributed by atoms with Crippen molar-refractivity contribution < 1.29 is 13.9 Å². The Kier molecular flexibility index (Phi) is 5.38. The maximum atomic E-state index is 12.0. The third kappa shape index (κ3) is 4.25. The number of carbonyl (C=O) groups is 1. The van der Waals surface area contributed by atoms with Crippen LogP contribution in [-0.4, -0.2) is 24.1 Å². The first-order valence-corrected chi connectivity index (χ1v) is 8.24. The number of amides is 1.